The highest BCUT2D eigenvalue weighted by Gasteiger charge is 2.24. The van der Waals surface area contributed by atoms with Gasteiger partial charge < -0.3 is 20.1 Å². The van der Waals surface area contributed by atoms with Crippen LogP contribution in [0.15, 0.2) is 4.99 Å². The maximum Gasteiger partial charge on any atom is 0.191 e. The average Bonchev–Trinajstić information content (AvgIpc) is 2.58. The monoisotopic (exact) mass is 353 g/mol. The van der Waals surface area contributed by atoms with Crippen LogP contribution in [-0.4, -0.2) is 51.5 Å². The summed E-state index contributed by atoms with van der Waals surface area (Å²) < 4.78 is 11.2. The SMILES string of the molecule is CCNC(=NCCCOCC1CCOCC1)NC1CC(C)CC(C)C1. The molecule has 0 aromatic carbocycles. The molecule has 0 amide bonds. The number of guanidine groups is 1. The summed E-state index contributed by atoms with van der Waals surface area (Å²) in [4.78, 5) is 4.74. The van der Waals surface area contributed by atoms with Gasteiger partial charge in [-0.25, -0.2) is 0 Å². The van der Waals surface area contributed by atoms with Crippen LogP contribution in [-0.2, 0) is 9.47 Å². The van der Waals surface area contributed by atoms with E-state index in [-0.39, 0.29) is 0 Å². The predicted molar refractivity (Wildman–Crippen MR) is 104 cm³/mol. The minimum atomic E-state index is 0.557. The van der Waals surface area contributed by atoms with Crippen LogP contribution in [0.5, 0.6) is 0 Å². The Labute approximate surface area is 154 Å². The van der Waals surface area contributed by atoms with E-state index in [1.54, 1.807) is 0 Å². The molecule has 0 spiro atoms. The summed E-state index contributed by atoms with van der Waals surface area (Å²) in [5, 5.41) is 7.03. The van der Waals surface area contributed by atoms with Crippen LogP contribution >= 0.6 is 0 Å². The quantitative estimate of drug-likeness (QED) is 0.400. The fraction of sp³-hybridized carbons (Fsp3) is 0.950. The highest BCUT2D eigenvalue weighted by atomic mass is 16.5. The zero-order valence-electron chi connectivity index (χ0n) is 16.6. The van der Waals surface area contributed by atoms with Crippen LogP contribution in [0.3, 0.4) is 0 Å². The molecule has 0 aromatic rings. The van der Waals surface area contributed by atoms with Gasteiger partial charge in [-0.3, -0.25) is 4.99 Å². The van der Waals surface area contributed by atoms with E-state index in [1.165, 1.54) is 19.3 Å². The molecule has 1 heterocycles. The summed E-state index contributed by atoms with van der Waals surface area (Å²) in [5.74, 6) is 3.27. The van der Waals surface area contributed by atoms with Gasteiger partial charge in [0.1, 0.15) is 0 Å². The van der Waals surface area contributed by atoms with Gasteiger partial charge in [0.15, 0.2) is 5.96 Å². The van der Waals surface area contributed by atoms with Gasteiger partial charge in [0.25, 0.3) is 0 Å². The van der Waals surface area contributed by atoms with Gasteiger partial charge in [-0.1, -0.05) is 13.8 Å². The lowest BCUT2D eigenvalue weighted by Gasteiger charge is -2.32. The van der Waals surface area contributed by atoms with Crippen LogP contribution in [0, 0.1) is 17.8 Å². The molecule has 0 aromatic heterocycles. The number of rotatable bonds is 8. The van der Waals surface area contributed by atoms with Gasteiger partial charge in [0.2, 0.25) is 0 Å². The summed E-state index contributed by atoms with van der Waals surface area (Å²) in [7, 11) is 0. The standard InChI is InChI=1S/C20H39N3O2/c1-4-21-20(23-19-13-16(2)12-17(3)14-19)22-8-5-9-25-15-18-6-10-24-11-7-18/h16-19H,4-15H2,1-3H3,(H2,21,22,23). The predicted octanol–water partition coefficient (Wildman–Crippen LogP) is 3.20. The number of hydrogen-bond acceptors (Lipinski definition) is 3. The lowest BCUT2D eigenvalue weighted by Crippen LogP contribution is -2.46. The Kier molecular flexibility index (Phi) is 9.63. The smallest absolute Gasteiger partial charge is 0.191 e. The van der Waals surface area contributed by atoms with Gasteiger partial charge >= 0.3 is 0 Å². The lowest BCUT2D eigenvalue weighted by molar-refractivity contribution is 0.0205. The second kappa shape index (κ2) is 11.7. The van der Waals surface area contributed by atoms with E-state index >= 15 is 0 Å². The number of aliphatic imine (C=N–C) groups is 1. The Morgan fingerprint density at radius 2 is 1.84 bits per heavy atom. The van der Waals surface area contributed by atoms with E-state index in [9.17, 15) is 0 Å². The molecule has 0 bridgehead atoms. The Morgan fingerprint density at radius 3 is 2.52 bits per heavy atom. The molecule has 2 aliphatic rings. The molecule has 5 heteroatoms. The number of hydrogen-bond donors (Lipinski definition) is 2. The second-order valence-corrected chi connectivity index (χ2v) is 8.00. The van der Waals surface area contributed by atoms with Crippen LogP contribution in [0.2, 0.25) is 0 Å². The van der Waals surface area contributed by atoms with Crippen molar-refractivity contribution >= 4 is 5.96 Å². The van der Waals surface area contributed by atoms with Crippen molar-refractivity contribution in [3.05, 3.63) is 0 Å². The Morgan fingerprint density at radius 1 is 1.12 bits per heavy atom. The number of nitrogens with zero attached hydrogens (tertiary/aromatic N) is 1. The van der Waals surface area contributed by atoms with Crippen molar-refractivity contribution in [2.24, 2.45) is 22.7 Å². The largest absolute Gasteiger partial charge is 0.381 e. The molecular formula is C20H39N3O2. The molecule has 2 fully saturated rings. The average molecular weight is 354 g/mol. The van der Waals surface area contributed by atoms with Gasteiger partial charge in [0.05, 0.1) is 0 Å². The third-order valence-corrected chi connectivity index (χ3v) is 5.27. The molecule has 1 saturated carbocycles. The van der Waals surface area contributed by atoms with Crippen LogP contribution in [0.25, 0.3) is 0 Å². The molecule has 2 unspecified atom stereocenters. The highest BCUT2D eigenvalue weighted by Crippen LogP contribution is 2.28. The molecule has 2 atom stereocenters. The number of ether oxygens (including phenoxy) is 2. The zero-order valence-corrected chi connectivity index (χ0v) is 16.6. The minimum absolute atomic E-state index is 0.557. The van der Waals surface area contributed by atoms with E-state index in [0.29, 0.717) is 12.0 Å². The molecule has 2 rings (SSSR count). The Balaban J connectivity index is 1.63. The van der Waals surface area contributed by atoms with Gasteiger partial charge in [-0.05, 0) is 63.2 Å². The maximum absolute atomic E-state index is 5.83. The lowest BCUT2D eigenvalue weighted by atomic mass is 9.80. The van der Waals surface area contributed by atoms with Gasteiger partial charge in [-0.15, -0.1) is 0 Å². The minimum Gasteiger partial charge on any atom is -0.381 e. The van der Waals surface area contributed by atoms with Gasteiger partial charge in [0, 0.05) is 45.6 Å². The first-order valence-electron chi connectivity index (χ1n) is 10.4. The van der Waals surface area contributed by atoms with Crippen molar-refractivity contribution in [2.45, 2.75) is 65.3 Å². The van der Waals surface area contributed by atoms with E-state index in [4.69, 9.17) is 14.5 Å². The zero-order chi connectivity index (χ0) is 17.9. The van der Waals surface area contributed by atoms with Crippen molar-refractivity contribution in [3.63, 3.8) is 0 Å². The molecule has 146 valence electrons. The summed E-state index contributed by atoms with van der Waals surface area (Å²) in [6.07, 6.45) is 7.13. The normalized spacial score (nSPS) is 28.8. The van der Waals surface area contributed by atoms with E-state index in [2.05, 4.69) is 31.4 Å². The topological polar surface area (TPSA) is 54.9 Å². The summed E-state index contributed by atoms with van der Waals surface area (Å²) in [6, 6.07) is 0.557. The molecule has 1 aliphatic carbocycles. The first kappa shape index (κ1) is 20.5. The van der Waals surface area contributed by atoms with Crippen molar-refractivity contribution < 1.29 is 9.47 Å². The summed E-state index contributed by atoms with van der Waals surface area (Å²) in [6.45, 7) is 12.1. The third-order valence-electron chi connectivity index (χ3n) is 5.27. The maximum atomic E-state index is 5.83. The summed E-state index contributed by atoms with van der Waals surface area (Å²) >= 11 is 0. The molecule has 1 saturated heterocycles. The summed E-state index contributed by atoms with van der Waals surface area (Å²) in [5.41, 5.74) is 0. The molecule has 5 nitrogen and oxygen atoms in total. The molecule has 1 aliphatic heterocycles. The molecular weight excluding hydrogens is 314 g/mol. The third kappa shape index (κ3) is 8.41. The van der Waals surface area contributed by atoms with Crippen molar-refractivity contribution in [2.75, 3.05) is 39.5 Å². The Bertz CT molecular complexity index is 373. The van der Waals surface area contributed by atoms with E-state index < -0.39 is 0 Å². The van der Waals surface area contributed by atoms with Crippen LogP contribution in [0.1, 0.15) is 59.3 Å². The second-order valence-electron chi connectivity index (χ2n) is 8.00. The van der Waals surface area contributed by atoms with E-state index in [0.717, 1.165) is 76.6 Å². The fourth-order valence-corrected chi connectivity index (χ4v) is 4.10. The van der Waals surface area contributed by atoms with Crippen molar-refractivity contribution in [1.82, 2.24) is 10.6 Å². The van der Waals surface area contributed by atoms with Crippen LogP contribution in [0.4, 0.5) is 0 Å². The van der Waals surface area contributed by atoms with Gasteiger partial charge in [-0.2, -0.15) is 0 Å². The first-order valence-corrected chi connectivity index (χ1v) is 10.4. The van der Waals surface area contributed by atoms with Crippen LogP contribution < -0.4 is 10.6 Å². The first-order chi connectivity index (χ1) is 12.2. The molecule has 25 heavy (non-hydrogen) atoms. The highest BCUT2D eigenvalue weighted by molar-refractivity contribution is 5.80. The fourth-order valence-electron chi connectivity index (χ4n) is 4.10. The molecule has 0 radical (unpaired) electrons. The Hall–Kier alpha value is -0.810. The van der Waals surface area contributed by atoms with Crippen molar-refractivity contribution in [3.8, 4) is 0 Å². The van der Waals surface area contributed by atoms with Crippen molar-refractivity contribution in [1.29, 1.82) is 0 Å². The number of nitrogens with one attached hydrogen (secondary N) is 2. The molecule has 2 N–H and O–H groups in total. The van der Waals surface area contributed by atoms with E-state index in [1.807, 2.05) is 0 Å².